The minimum absolute atomic E-state index is 0.0152. The molecule has 6 heteroatoms. The van der Waals surface area contributed by atoms with E-state index in [0.717, 1.165) is 48.0 Å². The van der Waals surface area contributed by atoms with Crippen molar-refractivity contribution >= 4 is 28.4 Å². The zero-order valence-corrected chi connectivity index (χ0v) is 17.8. The van der Waals surface area contributed by atoms with Gasteiger partial charge in [-0.2, -0.15) is 0 Å². The minimum atomic E-state index is -0.567. The summed E-state index contributed by atoms with van der Waals surface area (Å²) < 4.78 is 19.4. The Labute approximate surface area is 180 Å². The van der Waals surface area contributed by atoms with Crippen molar-refractivity contribution in [2.45, 2.75) is 32.8 Å². The standard InChI is InChI=1S/C24H24ClFN2O2/c1-15-4-3-11-28(14-15)24(29)16(2)30-18-6-8-21-19(9-10-27-23(21)13-18)20-7-5-17(26)12-22(20)25/h5-10,12-13,15-16H,3-4,11,14H2,1-2H3. The van der Waals surface area contributed by atoms with Crippen molar-refractivity contribution < 1.29 is 13.9 Å². The van der Waals surface area contributed by atoms with Gasteiger partial charge >= 0.3 is 0 Å². The van der Waals surface area contributed by atoms with Crippen LogP contribution in [0.2, 0.25) is 5.02 Å². The first-order valence-corrected chi connectivity index (χ1v) is 10.6. The molecule has 1 aromatic heterocycles. The second-order valence-electron chi connectivity index (χ2n) is 7.95. The van der Waals surface area contributed by atoms with Crippen LogP contribution in [0.1, 0.15) is 26.7 Å². The van der Waals surface area contributed by atoms with E-state index in [1.54, 1.807) is 19.2 Å². The molecule has 2 aromatic carbocycles. The van der Waals surface area contributed by atoms with Crippen LogP contribution in [0, 0.1) is 11.7 Å². The summed E-state index contributed by atoms with van der Waals surface area (Å²) in [7, 11) is 0. The Morgan fingerprint density at radius 2 is 2.07 bits per heavy atom. The molecule has 156 valence electrons. The lowest BCUT2D eigenvalue weighted by molar-refractivity contribution is -0.139. The van der Waals surface area contributed by atoms with Gasteiger partial charge in [0.1, 0.15) is 11.6 Å². The van der Waals surface area contributed by atoms with Gasteiger partial charge in [-0.05, 0) is 67.6 Å². The number of aromatic nitrogens is 1. The number of rotatable bonds is 4. The fourth-order valence-electron chi connectivity index (χ4n) is 4.05. The van der Waals surface area contributed by atoms with Gasteiger partial charge in [-0.15, -0.1) is 0 Å². The van der Waals surface area contributed by atoms with Crippen LogP contribution < -0.4 is 4.74 Å². The van der Waals surface area contributed by atoms with E-state index in [0.29, 0.717) is 16.7 Å². The third-order valence-electron chi connectivity index (χ3n) is 5.56. The molecule has 0 saturated carbocycles. The van der Waals surface area contributed by atoms with Gasteiger partial charge in [0, 0.05) is 36.3 Å². The van der Waals surface area contributed by atoms with Crippen molar-refractivity contribution in [2.75, 3.05) is 13.1 Å². The highest BCUT2D eigenvalue weighted by atomic mass is 35.5. The molecule has 1 saturated heterocycles. The number of benzene rings is 2. The summed E-state index contributed by atoms with van der Waals surface area (Å²) in [6.07, 6.45) is 3.32. The molecular weight excluding hydrogens is 403 g/mol. The minimum Gasteiger partial charge on any atom is -0.481 e. The van der Waals surface area contributed by atoms with Crippen molar-refractivity contribution in [1.29, 1.82) is 0 Å². The molecule has 1 aliphatic heterocycles. The van der Waals surface area contributed by atoms with Gasteiger partial charge in [-0.1, -0.05) is 18.5 Å². The zero-order chi connectivity index (χ0) is 21.3. The molecule has 4 nitrogen and oxygen atoms in total. The summed E-state index contributed by atoms with van der Waals surface area (Å²) in [6.45, 7) is 5.53. The average molecular weight is 427 g/mol. The van der Waals surface area contributed by atoms with E-state index in [9.17, 15) is 9.18 Å². The number of halogens is 2. The van der Waals surface area contributed by atoms with Crippen LogP contribution >= 0.6 is 11.6 Å². The molecule has 1 fully saturated rings. The Morgan fingerprint density at radius 3 is 2.83 bits per heavy atom. The summed E-state index contributed by atoms with van der Waals surface area (Å²) in [5.41, 5.74) is 2.32. The number of pyridine rings is 1. The number of carbonyl (C=O) groups excluding carboxylic acids is 1. The molecule has 30 heavy (non-hydrogen) atoms. The SMILES string of the molecule is CC1CCCN(C(=O)C(C)Oc2ccc3c(-c4ccc(F)cc4Cl)ccnc3c2)C1. The van der Waals surface area contributed by atoms with Crippen LogP contribution in [-0.2, 0) is 4.79 Å². The van der Waals surface area contributed by atoms with E-state index < -0.39 is 6.10 Å². The summed E-state index contributed by atoms with van der Waals surface area (Å²) in [4.78, 5) is 19.1. The molecule has 0 N–H and O–H groups in total. The lowest BCUT2D eigenvalue weighted by Crippen LogP contribution is -2.45. The van der Waals surface area contributed by atoms with E-state index in [1.165, 1.54) is 12.1 Å². The molecule has 0 spiro atoms. The van der Waals surface area contributed by atoms with Crippen molar-refractivity contribution in [3.63, 3.8) is 0 Å². The van der Waals surface area contributed by atoms with E-state index in [1.807, 2.05) is 29.2 Å². The summed E-state index contributed by atoms with van der Waals surface area (Å²) in [6, 6.07) is 11.7. The lowest BCUT2D eigenvalue weighted by atomic mass is 10.00. The van der Waals surface area contributed by atoms with Crippen LogP contribution in [0.3, 0.4) is 0 Å². The third-order valence-corrected chi connectivity index (χ3v) is 5.88. The maximum Gasteiger partial charge on any atom is 0.263 e. The Hall–Kier alpha value is -2.66. The molecule has 0 bridgehead atoms. The predicted octanol–water partition coefficient (Wildman–Crippen LogP) is 5.72. The number of nitrogens with zero attached hydrogens (tertiary/aromatic N) is 2. The molecular formula is C24H24ClFN2O2. The van der Waals surface area contributed by atoms with Gasteiger partial charge in [-0.25, -0.2) is 4.39 Å². The Morgan fingerprint density at radius 1 is 1.23 bits per heavy atom. The number of amides is 1. The van der Waals surface area contributed by atoms with Crippen molar-refractivity contribution in [3.8, 4) is 16.9 Å². The van der Waals surface area contributed by atoms with E-state index in [4.69, 9.17) is 16.3 Å². The van der Waals surface area contributed by atoms with Gasteiger partial charge in [0.05, 0.1) is 10.5 Å². The van der Waals surface area contributed by atoms with Crippen LogP contribution in [0.4, 0.5) is 4.39 Å². The zero-order valence-electron chi connectivity index (χ0n) is 17.1. The molecule has 3 aromatic rings. The van der Waals surface area contributed by atoms with Crippen LogP contribution in [0.15, 0.2) is 48.7 Å². The number of hydrogen-bond acceptors (Lipinski definition) is 3. The number of ether oxygens (including phenoxy) is 1. The largest absolute Gasteiger partial charge is 0.481 e. The molecule has 0 aliphatic carbocycles. The molecule has 1 aliphatic rings. The van der Waals surface area contributed by atoms with Crippen molar-refractivity contribution in [2.24, 2.45) is 5.92 Å². The third kappa shape index (κ3) is 4.26. The fourth-order valence-corrected chi connectivity index (χ4v) is 4.31. The molecule has 2 atom stereocenters. The summed E-state index contributed by atoms with van der Waals surface area (Å²) >= 11 is 6.26. The first-order chi connectivity index (χ1) is 14.4. The van der Waals surface area contributed by atoms with E-state index >= 15 is 0 Å². The first kappa shape index (κ1) is 20.6. The number of hydrogen-bond donors (Lipinski definition) is 0. The maximum atomic E-state index is 13.4. The Bertz CT molecular complexity index is 1090. The van der Waals surface area contributed by atoms with E-state index in [-0.39, 0.29) is 11.7 Å². The van der Waals surface area contributed by atoms with Gasteiger partial charge in [0.15, 0.2) is 6.10 Å². The summed E-state index contributed by atoms with van der Waals surface area (Å²) in [5.74, 6) is 0.751. The number of likely N-dealkylation sites (tertiary alicyclic amines) is 1. The van der Waals surface area contributed by atoms with Crippen molar-refractivity contribution in [3.05, 3.63) is 59.5 Å². The average Bonchev–Trinajstić information content (AvgIpc) is 2.73. The summed E-state index contributed by atoms with van der Waals surface area (Å²) in [5, 5.41) is 1.22. The second kappa shape index (κ2) is 8.60. The van der Waals surface area contributed by atoms with Crippen LogP contribution in [0.25, 0.3) is 22.0 Å². The highest BCUT2D eigenvalue weighted by molar-refractivity contribution is 6.33. The molecule has 2 heterocycles. The van der Waals surface area contributed by atoms with Gasteiger partial charge in [0.2, 0.25) is 0 Å². The lowest BCUT2D eigenvalue weighted by Gasteiger charge is -2.32. The topological polar surface area (TPSA) is 42.4 Å². The first-order valence-electron chi connectivity index (χ1n) is 10.2. The monoisotopic (exact) mass is 426 g/mol. The number of piperidine rings is 1. The highest BCUT2D eigenvalue weighted by Gasteiger charge is 2.26. The van der Waals surface area contributed by atoms with Crippen LogP contribution in [0.5, 0.6) is 5.75 Å². The van der Waals surface area contributed by atoms with Crippen LogP contribution in [-0.4, -0.2) is 35.0 Å². The molecule has 0 radical (unpaired) electrons. The highest BCUT2D eigenvalue weighted by Crippen LogP contribution is 2.34. The van der Waals surface area contributed by atoms with Gasteiger partial charge < -0.3 is 9.64 Å². The fraction of sp³-hybridized carbons (Fsp3) is 0.333. The molecule has 2 unspecified atom stereocenters. The Kier molecular flexibility index (Phi) is 5.91. The number of fused-ring (bicyclic) bond motifs is 1. The predicted molar refractivity (Wildman–Crippen MR) is 117 cm³/mol. The maximum absolute atomic E-state index is 13.4. The number of carbonyl (C=O) groups is 1. The molecule has 4 rings (SSSR count). The second-order valence-corrected chi connectivity index (χ2v) is 8.36. The molecule has 1 amide bonds. The normalized spacial score (nSPS) is 17.7. The van der Waals surface area contributed by atoms with Gasteiger partial charge in [-0.3, -0.25) is 9.78 Å². The Balaban J connectivity index is 1.57. The van der Waals surface area contributed by atoms with E-state index in [2.05, 4.69) is 11.9 Å². The van der Waals surface area contributed by atoms with Gasteiger partial charge in [0.25, 0.3) is 5.91 Å². The van der Waals surface area contributed by atoms with Crippen molar-refractivity contribution in [1.82, 2.24) is 9.88 Å². The smallest absolute Gasteiger partial charge is 0.263 e. The quantitative estimate of drug-likeness (QED) is 0.535.